The van der Waals surface area contributed by atoms with Crippen LogP contribution in [0.1, 0.15) is 34.8 Å². The molecule has 0 bridgehead atoms. The SMILES string of the molecule is Cc1cn2c(/C=C/C(=O)N(C)C(C)c3ccc(-n4cncn4)cc3)c(C)nc2s1. The standard InChI is InChI=1S/C21H22N6OS/c1-14-11-26-19(15(2)24-21(26)29-14)9-10-20(28)25(4)16(3)17-5-7-18(8-6-17)27-13-22-12-23-27/h5-13,16H,1-4H3/b10-9+. The Bertz CT molecular complexity index is 1170. The van der Waals surface area contributed by atoms with Crippen molar-refractivity contribution >= 4 is 28.3 Å². The van der Waals surface area contributed by atoms with Crippen LogP contribution < -0.4 is 0 Å². The molecule has 29 heavy (non-hydrogen) atoms. The molecule has 3 heterocycles. The van der Waals surface area contributed by atoms with Crippen LogP contribution in [0.15, 0.2) is 49.2 Å². The zero-order valence-electron chi connectivity index (χ0n) is 16.8. The molecular weight excluding hydrogens is 384 g/mol. The molecule has 4 aromatic rings. The fourth-order valence-corrected chi connectivity index (χ4v) is 4.09. The minimum atomic E-state index is -0.0631. The summed E-state index contributed by atoms with van der Waals surface area (Å²) in [4.78, 5) is 25.1. The summed E-state index contributed by atoms with van der Waals surface area (Å²) in [5, 5.41) is 4.13. The second kappa shape index (κ2) is 7.63. The summed E-state index contributed by atoms with van der Waals surface area (Å²) < 4.78 is 3.73. The van der Waals surface area contributed by atoms with Gasteiger partial charge < -0.3 is 4.90 Å². The van der Waals surface area contributed by atoms with Crippen LogP contribution in [0.2, 0.25) is 0 Å². The number of carbonyl (C=O) groups is 1. The number of benzene rings is 1. The van der Waals surface area contributed by atoms with E-state index in [4.69, 9.17) is 0 Å². The highest BCUT2D eigenvalue weighted by Gasteiger charge is 2.16. The lowest BCUT2D eigenvalue weighted by atomic mass is 10.1. The number of likely N-dealkylation sites (N-methyl/N-ethyl adjacent to an activating group) is 1. The molecule has 1 unspecified atom stereocenters. The smallest absolute Gasteiger partial charge is 0.246 e. The van der Waals surface area contributed by atoms with E-state index in [9.17, 15) is 4.79 Å². The van der Waals surface area contributed by atoms with Gasteiger partial charge in [-0.3, -0.25) is 9.20 Å². The summed E-state index contributed by atoms with van der Waals surface area (Å²) in [7, 11) is 1.82. The predicted octanol–water partition coefficient (Wildman–Crippen LogP) is 3.83. The van der Waals surface area contributed by atoms with Crippen LogP contribution >= 0.6 is 11.3 Å². The number of hydrogen-bond donors (Lipinski definition) is 0. The van der Waals surface area contributed by atoms with Crippen molar-refractivity contribution in [1.82, 2.24) is 29.0 Å². The van der Waals surface area contributed by atoms with E-state index in [-0.39, 0.29) is 11.9 Å². The first-order valence-electron chi connectivity index (χ1n) is 9.29. The molecule has 148 valence electrons. The van der Waals surface area contributed by atoms with Crippen molar-refractivity contribution in [3.8, 4) is 5.69 Å². The van der Waals surface area contributed by atoms with Crippen molar-refractivity contribution in [2.75, 3.05) is 7.05 Å². The van der Waals surface area contributed by atoms with Gasteiger partial charge in [0.05, 0.1) is 23.1 Å². The van der Waals surface area contributed by atoms with Crippen LogP contribution in [0.4, 0.5) is 0 Å². The molecule has 4 rings (SSSR count). The molecular formula is C21H22N6OS. The molecule has 0 N–H and O–H groups in total. The maximum atomic E-state index is 12.7. The lowest BCUT2D eigenvalue weighted by Gasteiger charge is -2.24. The second-order valence-electron chi connectivity index (χ2n) is 6.97. The summed E-state index contributed by atoms with van der Waals surface area (Å²) in [5.41, 5.74) is 3.84. The van der Waals surface area contributed by atoms with E-state index in [1.54, 1.807) is 33.3 Å². The minimum absolute atomic E-state index is 0.0563. The lowest BCUT2D eigenvalue weighted by molar-refractivity contribution is -0.126. The maximum Gasteiger partial charge on any atom is 0.246 e. The van der Waals surface area contributed by atoms with E-state index in [0.717, 1.165) is 27.6 Å². The Labute approximate surface area is 173 Å². The van der Waals surface area contributed by atoms with Gasteiger partial charge in [-0.25, -0.2) is 14.6 Å². The fourth-order valence-electron chi connectivity index (χ4n) is 3.21. The number of imidazole rings is 1. The normalized spacial score (nSPS) is 12.7. The van der Waals surface area contributed by atoms with Crippen LogP contribution in [-0.4, -0.2) is 42.0 Å². The van der Waals surface area contributed by atoms with Crippen LogP contribution in [-0.2, 0) is 4.79 Å². The quantitative estimate of drug-likeness (QED) is 0.473. The molecule has 0 aliphatic carbocycles. The number of amides is 1. The maximum absolute atomic E-state index is 12.7. The van der Waals surface area contributed by atoms with Crippen LogP contribution in [0.5, 0.6) is 0 Å². The van der Waals surface area contributed by atoms with Gasteiger partial charge in [0.15, 0.2) is 4.96 Å². The number of nitrogens with zero attached hydrogens (tertiary/aromatic N) is 6. The van der Waals surface area contributed by atoms with Crippen LogP contribution in [0, 0.1) is 13.8 Å². The summed E-state index contributed by atoms with van der Waals surface area (Å²) >= 11 is 1.64. The number of carbonyl (C=O) groups excluding carboxylic acids is 1. The van der Waals surface area contributed by atoms with Gasteiger partial charge in [0.25, 0.3) is 0 Å². The first-order chi connectivity index (χ1) is 13.9. The van der Waals surface area contributed by atoms with Gasteiger partial charge >= 0.3 is 0 Å². The van der Waals surface area contributed by atoms with Crippen molar-refractivity contribution < 1.29 is 4.79 Å². The molecule has 7 nitrogen and oxygen atoms in total. The fraction of sp³-hybridized carbons (Fsp3) is 0.238. The van der Waals surface area contributed by atoms with Crippen molar-refractivity contribution in [1.29, 1.82) is 0 Å². The molecule has 0 fully saturated rings. The molecule has 0 saturated carbocycles. The topological polar surface area (TPSA) is 68.3 Å². The van der Waals surface area contributed by atoms with Gasteiger partial charge in [-0.2, -0.15) is 5.10 Å². The first kappa shape index (κ1) is 19.1. The van der Waals surface area contributed by atoms with Crippen molar-refractivity contribution in [2.45, 2.75) is 26.8 Å². The van der Waals surface area contributed by atoms with Gasteiger partial charge in [0, 0.05) is 24.2 Å². The number of hydrogen-bond acceptors (Lipinski definition) is 5. The second-order valence-corrected chi connectivity index (χ2v) is 8.18. The van der Waals surface area contributed by atoms with E-state index in [1.165, 1.54) is 11.2 Å². The van der Waals surface area contributed by atoms with Crippen molar-refractivity contribution in [3.05, 3.63) is 71.0 Å². The van der Waals surface area contributed by atoms with Gasteiger partial charge in [-0.1, -0.05) is 12.1 Å². The molecule has 0 aliphatic rings. The number of fused-ring (bicyclic) bond motifs is 1. The third-order valence-corrected chi connectivity index (χ3v) is 5.93. The van der Waals surface area contributed by atoms with Crippen LogP contribution in [0.25, 0.3) is 16.7 Å². The average molecular weight is 407 g/mol. The number of rotatable bonds is 5. The monoisotopic (exact) mass is 406 g/mol. The van der Waals surface area contributed by atoms with E-state index in [1.807, 2.05) is 61.8 Å². The Morgan fingerprint density at radius 3 is 2.69 bits per heavy atom. The summed E-state index contributed by atoms with van der Waals surface area (Å²) in [6, 6.07) is 7.90. The third-order valence-electron chi connectivity index (χ3n) is 5.03. The molecule has 1 aromatic carbocycles. The highest BCUT2D eigenvalue weighted by molar-refractivity contribution is 7.17. The number of aryl methyl sites for hydroxylation is 2. The number of thiazole rings is 1. The largest absolute Gasteiger partial charge is 0.335 e. The van der Waals surface area contributed by atoms with Gasteiger partial charge in [-0.05, 0) is 44.5 Å². The Balaban J connectivity index is 1.49. The summed E-state index contributed by atoms with van der Waals surface area (Å²) in [5.74, 6) is -0.0563. The van der Waals surface area contributed by atoms with Crippen molar-refractivity contribution in [2.24, 2.45) is 0 Å². The molecule has 1 atom stereocenters. The minimum Gasteiger partial charge on any atom is -0.335 e. The zero-order chi connectivity index (χ0) is 20.5. The Kier molecular flexibility index (Phi) is 5.02. The van der Waals surface area contributed by atoms with Gasteiger partial charge in [-0.15, -0.1) is 11.3 Å². The Morgan fingerprint density at radius 1 is 1.24 bits per heavy atom. The molecule has 3 aromatic heterocycles. The lowest BCUT2D eigenvalue weighted by Crippen LogP contribution is -2.28. The van der Waals surface area contributed by atoms with Crippen molar-refractivity contribution in [3.63, 3.8) is 0 Å². The van der Waals surface area contributed by atoms with E-state index in [0.29, 0.717) is 0 Å². The van der Waals surface area contributed by atoms with E-state index >= 15 is 0 Å². The first-order valence-corrected chi connectivity index (χ1v) is 10.1. The van der Waals surface area contributed by atoms with E-state index < -0.39 is 0 Å². The zero-order valence-corrected chi connectivity index (χ0v) is 17.6. The summed E-state index contributed by atoms with van der Waals surface area (Å²) in [6.07, 6.45) is 8.67. The average Bonchev–Trinajstić information content (AvgIpc) is 3.42. The van der Waals surface area contributed by atoms with E-state index in [2.05, 4.69) is 22.0 Å². The molecule has 0 radical (unpaired) electrons. The van der Waals surface area contributed by atoms with Gasteiger partial charge in [0.2, 0.25) is 5.91 Å². The van der Waals surface area contributed by atoms with Crippen LogP contribution in [0.3, 0.4) is 0 Å². The molecule has 0 saturated heterocycles. The Morgan fingerprint density at radius 2 is 2.00 bits per heavy atom. The molecule has 8 heteroatoms. The molecule has 0 aliphatic heterocycles. The Hall–Kier alpha value is -3.26. The predicted molar refractivity (Wildman–Crippen MR) is 114 cm³/mol. The molecule has 1 amide bonds. The highest BCUT2D eigenvalue weighted by Crippen LogP contribution is 2.23. The third kappa shape index (κ3) is 3.71. The summed E-state index contributed by atoms with van der Waals surface area (Å²) in [6.45, 7) is 6.03. The molecule has 0 spiro atoms. The van der Waals surface area contributed by atoms with Gasteiger partial charge in [0.1, 0.15) is 12.7 Å². The highest BCUT2D eigenvalue weighted by atomic mass is 32.1. The number of aromatic nitrogens is 5.